The summed E-state index contributed by atoms with van der Waals surface area (Å²) in [6, 6.07) is 13.6. The van der Waals surface area contributed by atoms with E-state index in [4.69, 9.17) is 0 Å². The number of anilines is 2. The van der Waals surface area contributed by atoms with Gasteiger partial charge in [-0.25, -0.2) is 0 Å². The third kappa shape index (κ3) is 8.21. The van der Waals surface area contributed by atoms with Gasteiger partial charge in [-0.05, 0) is 67.7 Å². The highest BCUT2D eigenvalue weighted by Gasteiger charge is 2.42. The number of carbonyl (C=O) groups is 2. The fourth-order valence-corrected chi connectivity index (χ4v) is 7.51. The van der Waals surface area contributed by atoms with Crippen molar-refractivity contribution in [1.82, 2.24) is 5.32 Å². The van der Waals surface area contributed by atoms with E-state index in [2.05, 4.69) is 97.0 Å². The maximum absolute atomic E-state index is 12.2. The molecule has 1 atom stereocenters. The van der Waals surface area contributed by atoms with Crippen molar-refractivity contribution in [3.63, 3.8) is 0 Å². The highest BCUT2D eigenvalue weighted by atomic mass is 32.2. The molecule has 1 unspecified atom stereocenters. The summed E-state index contributed by atoms with van der Waals surface area (Å²) >= 11 is 0. The minimum Gasteiger partial charge on any atom is -0.469 e. The van der Waals surface area contributed by atoms with Gasteiger partial charge < -0.3 is 19.9 Å². The van der Waals surface area contributed by atoms with Gasteiger partial charge in [0.25, 0.3) is 10.1 Å². The van der Waals surface area contributed by atoms with E-state index in [9.17, 15) is 22.6 Å². The van der Waals surface area contributed by atoms with Crippen LogP contribution in [-0.4, -0.2) is 57.6 Å². The van der Waals surface area contributed by atoms with Crippen molar-refractivity contribution in [3.05, 3.63) is 89.7 Å². The molecule has 2 N–H and O–H groups in total. The summed E-state index contributed by atoms with van der Waals surface area (Å²) in [5.41, 5.74) is 4.88. The first-order chi connectivity index (χ1) is 22.7. The second kappa shape index (κ2) is 15.6. The predicted octanol–water partition coefficient (Wildman–Crippen LogP) is 6.84. The number of esters is 1. The highest BCUT2D eigenvalue weighted by Crippen LogP contribution is 2.49. The molecule has 10 heteroatoms. The largest absolute Gasteiger partial charge is 0.469 e. The van der Waals surface area contributed by atoms with Crippen molar-refractivity contribution in [2.45, 2.75) is 94.9 Å². The third-order valence-electron chi connectivity index (χ3n) is 9.65. The Balaban J connectivity index is 1.45. The van der Waals surface area contributed by atoms with Gasteiger partial charge in [-0.2, -0.15) is 8.42 Å². The Morgan fingerprint density at radius 3 is 2.40 bits per heavy atom. The summed E-state index contributed by atoms with van der Waals surface area (Å²) < 4.78 is 38.4. The minimum atomic E-state index is -4.35. The number of unbranched alkanes of at least 4 members (excludes halogenated alkanes) is 2. The number of hydrogen-bond donors (Lipinski definition) is 2. The lowest BCUT2D eigenvalue weighted by Gasteiger charge is -2.31. The van der Waals surface area contributed by atoms with Gasteiger partial charge in [0, 0.05) is 60.4 Å². The van der Waals surface area contributed by atoms with Crippen LogP contribution >= 0.6 is 0 Å². The maximum Gasteiger partial charge on any atom is 0.305 e. The van der Waals surface area contributed by atoms with Crippen molar-refractivity contribution in [3.8, 4) is 0 Å². The molecule has 2 aliphatic heterocycles. The second-order valence-electron chi connectivity index (χ2n) is 13.6. The average molecular weight is 678 g/mol. The Morgan fingerprint density at radius 1 is 0.938 bits per heavy atom. The molecular formula is C38H51N3O6S. The first-order valence-corrected chi connectivity index (χ1v) is 18.3. The molecule has 2 aliphatic rings. The fourth-order valence-electron chi connectivity index (χ4n) is 7.00. The molecule has 48 heavy (non-hydrogen) atoms. The Hall–Kier alpha value is -3.89. The van der Waals surface area contributed by atoms with Gasteiger partial charge >= 0.3 is 5.97 Å². The molecule has 0 saturated carbocycles. The smallest absolute Gasteiger partial charge is 0.305 e. The monoisotopic (exact) mass is 677 g/mol. The molecule has 0 fully saturated rings. The number of methoxy groups -OCH3 is 1. The van der Waals surface area contributed by atoms with Crippen LogP contribution < -0.4 is 15.1 Å². The van der Waals surface area contributed by atoms with Crippen LogP contribution in [0, 0.1) is 0 Å². The van der Waals surface area contributed by atoms with Crippen LogP contribution in [0.15, 0.2) is 83.4 Å². The van der Waals surface area contributed by atoms with Gasteiger partial charge in [0.15, 0.2) is 0 Å². The molecule has 0 radical (unpaired) electrons. The molecule has 2 aromatic carbocycles. The number of fused-ring (bicyclic) bond motifs is 2. The summed E-state index contributed by atoms with van der Waals surface area (Å²) in [5.74, 6) is -0.316. The molecule has 0 saturated heterocycles. The zero-order chi connectivity index (χ0) is 35.1. The van der Waals surface area contributed by atoms with Crippen LogP contribution in [-0.2, 0) is 35.3 Å². The van der Waals surface area contributed by atoms with E-state index in [1.54, 1.807) is 12.1 Å². The van der Waals surface area contributed by atoms with Crippen molar-refractivity contribution in [1.29, 1.82) is 0 Å². The first kappa shape index (κ1) is 36.9. The summed E-state index contributed by atoms with van der Waals surface area (Å²) in [4.78, 5) is 28.0. The van der Waals surface area contributed by atoms with Crippen molar-refractivity contribution in [2.24, 2.45) is 0 Å². The summed E-state index contributed by atoms with van der Waals surface area (Å²) in [7, 11) is -3.00. The minimum absolute atomic E-state index is 0.0305. The molecule has 0 aliphatic carbocycles. The number of nitrogens with zero attached hydrogens (tertiary/aromatic N) is 2. The van der Waals surface area contributed by atoms with Gasteiger partial charge in [-0.1, -0.05) is 76.6 Å². The fraction of sp³-hybridized carbons (Fsp3) is 0.474. The summed E-state index contributed by atoms with van der Waals surface area (Å²) in [6.45, 7) is 13.0. The van der Waals surface area contributed by atoms with Crippen molar-refractivity contribution in [2.75, 3.05) is 36.5 Å². The van der Waals surface area contributed by atoms with E-state index in [1.807, 2.05) is 12.2 Å². The predicted molar refractivity (Wildman–Crippen MR) is 192 cm³/mol. The lowest BCUT2D eigenvalue weighted by Crippen LogP contribution is -2.39. The zero-order valence-corrected chi connectivity index (χ0v) is 30.0. The molecule has 0 bridgehead atoms. The van der Waals surface area contributed by atoms with Crippen LogP contribution in [0.1, 0.15) is 84.3 Å². The topological polar surface area (TPSA) is 116 Å². The Labute approximate surface area is 286 Å². The lowest BCUT2D eigenvalue weighted by atomic mass is 9.80. The van der Waals surface area contributed by atoms with E-state index in [1.165, 1.54) is 24.4 Å². The maximum atomic E-state index is 12.2. The standard InChI is InChI=1S/C38H51N3O6S/c1-7-40-31-18-14-13-17-29(31)37(2,3)33(40)19-10-8-11-20-34-38(4,5)30-27-28(48(44,45)46)23-24-32(30)41(34)26-15-9-12-21-35(42)39-25-16-22-36(43)47-6/h8,10-11,13-14,17-20,23-24,27,33H,7,9,12,15-16,21-22,25-26H2,1-6H3,(H,39,42)(H,44,45,46)/b11-8+,19-10+,34-20-. The van der Waals surface area contributed by atoms with E-state index in [0.717, 1.165) is 42.8 Å². The van der Waals surface area contributed by atoms with E-state index in [0.29, 0.717) is 25.9 Å². The Kier molecular flexibility index (Phi) is 12.0. The van der Waals surface area contributed by atoms with Gasteiger partial charge in [0.05, 0.1) is 18.0 Å². The van der Waals surface area contributed by atoms with Crippen LogP contribution in [0.4, 0.5) is 11.4 Å². The molecule has 9 nitrogen and oxygen atoms in total. The average Bonchev–Trinajstić information content (AvgIpc) is 3.40. The van der Waals surface area contributed by atoms with Crippen LogP contribution in [0.25, 0.3) is 0 Å². The molecule has 2 heterocycles. The Morgan fingerprint density at radius 2 is 1.69 bits per heavy atom. The molecule has 4 rings (SSSR count). The van der Waals surface area contributed by atoms with Gasteiger partial charge in [-0.3, -0.25) is 14.1 Å². The summed E-state index contributed by atoms with van der Waals surface area (Å²) in [6.07, 6.45) is 14.2. The van der Waals surface area contributed by atoms with Gasteiger partial charge in [-0.15, -0.1) is 0 Å². The normalized spacial score (nSPS) is 18.9. The number of amides is 1. The number of benzene rings is 2. The van der Waals surface area contributed by atoms with Crippen LogP contribution in [0.5, 0.6) is 0 Å². The first-order valence-electron chi connectivity index (χ1n) is 16.9. The summed E-state index contributed by atoms with van der Waals surface area (Å²) in [5, 5.41) is 2.86. The molecule has 260 valence electrons. The van der Waals surface area contributed by atoms with Crippen LogP contribution in [0.2, 0.25) is 0 Å². The highest BCUT2D eigenvalue weighted by molar-refractivity contribution is 7.85. The second-order valence-corrected chi connectivity index (χ2v) is 15.0. The van der Waals surface area contributed by atoms with Gasteiger partial charge in [0.2, 0.25) is 5.91 Å². The number of carbonyl (C=O) groups excluding carboxylic acids is 2. The zero-order valence-electron chi connectivity index (χ0n) is 29.2. The van der Waals surface area contributed by atoms with E-state index >= 15 is 0 Å². The molecule has 2 aromatic rings. The van der Waals surface area contributed by atoms with E-state index < -0.39 is 15.5 Å². The lowest BCUT2D eigenvalue weighted by molar-refractivity contribution is -0.140. The number of rotatable bonds is 15. The number of para-hydroxylation sites is 1. The van der Waals surface area contributed by atoms with E-state index in [-0.39, 0.29) is 34.6 Å². The quantitative estimate of drug-likeness (QED) is 0.0911. The third-order valence-corrected chi connectivity index (χ3v) is 10.5. The molecule has 0 aromatic heterocycles. The SMILES string of the molecule is CCN1c2ccccc2C(C)(C)C1/C=C/C=C/C=C1\N(CCCCCC(=O)NCCCC(=O)OC)c2ccc(S(=O)(=O)O)cc2C1(C)C. The van der Waals surface area contributed by atoms with Crippen molar-refractivity contribution < 1.29 is 27.3 Å². The molecular weight excluding hydrogens is 627 g/mol. The van der Waals surface area contributed by atoms with Gasteiger partial charge in [0.1, 0.15) is 0 Å². The number of ether oxygens (including phenoxy) is 1. The Bertz CT molecular complexity index is 1670. The number of allylic oxidation sites excluding steroid dienone is 5. The van der Waals surface area contributed by atoms with Crippen LogP contribution in [0.3, 0.4) is 0 Å². The number of hydrogen-bond acceptors (Lipinski definition) is 7. The number of likely N-dealkylation sites (N-methyl/N-ethyl adjacent to an activating group) is 1. The molecule has 0 spiro atoms. The number of nitrogens with one attached hydrogen (secondary N) is 1. The van der Waals surface area contributed by atoms with Crippen molar-refractivity contribution >= 4 is 33.4 Å². The molecule has 1 amide bonds.